The maximum absolute atomic E-state index is 12.6. The highest BCUT2D eigenvalue weighted by atomic mass is 32.2. The molecule has 0 spiro atoms. The number of carbonyl (C=O) groups is 2. The maximum atomic E-state index is 12.6. The summed E-state index contributed by atoms with van der Waals surface area (Å²) < 4.78 is 27.8. The quantitative estimate of drug-likeness (QED) is 0.515. The minimum atomic E-state index is -3.73. The smallest absolute Gasteiger partial charge is 0.408 e. The van der Waals surface area contributed by atoms with Gasteiger partial charge in [-0.3, -0.25) is 4.79 Å². The molecule has 9 heteroatoms. The summed E-state index contributed by atoms with van der Waals surface area (Å²) in [4.78, 5) is 24.8. The van der Waals surface area contributed by atoms with Crippen LogP contribution in [0.25, 0.3) is 0 Å². The van der Waals surface area contributed by atoms with Gasteiger partial charge in [-0.1, -0.05) is 56.3 Å². The number of benzene rings is 2. The average Bonchev–Trinajstić information content (AvgIpc) is 2.72. The number of nitrogens with one attached hydrogen (secondary N) is 2. The second-order valence-electron chi connectivity index (χ2n) is 7.62. The van der Waals surface area contributed by atoms with E-state index in [1.807, 2.05) is 44.2 Å². The highest BCUT2D eigenvalue weighted by Gasteiger charge is 2.22. The highest BCUT2D eigenvalue weighted by molar-refractivity contribution is 7.89. The van der Waals surface area contributed by atoms with Crippen LogP contribution >= 0.6 is 0 Å². The Hall–Kier alpha value is -2.91. The lowest BCUT2D eigenvalue weighted by molar-refractivity contribution is -0.123. The average molecular weight is 448 g/mol. The maximum Gasteiger partial charge on any atom is 0.408 e. The zero-order chi connectivity index (χ0) is 22.9. The number of carbonyl (C=O) groups excluding carboxylic acids is 2. The topological polar surface area (TPSA) is 128 Å². The monoisotopic (exact) mass is 447 g/mol. The van der Waals surface area contributed by atoms with Crippen LogP contribution < -0.4 is 15.8 Å². The molecule has 0 fully saturated rings. The Bertz CT molecular complexity index is 960. The fourth-order valence-corrected chi connectivity index (χ4v) is 3.42. The number of rotatable bonds is 10. The molecule has 1 atom stereocenters. The molecule has 2 aromatic carbocycles. The third-order valence-electron chi connectivity index (χ3n) is 4.49. The Labute approximate surface area is 183 Å². The standard InChI is InChI=1S/C22H29N3O5S/c1-16(2)14-20(25-22(27)30-15-18-6-4-3-5-7-18)21(26)24-13-12-17-8-10-19(11-9-17)31(23,28)29/h3-11,16,20H,12-15H2,1-2H3,(H,24,26)(H,25,27)(H2,23,28,29)/t20-/m1/s1. The number of primary sulfonamides is 1. The van der Waals surface area contributed by atoms with Gasteiger partial charge in [0.25, 0.3) is 0 Å². The van der Waals surface area contributed by atoms with Crippen molar-refractivity contribution in [2.75, 3.05) is 6.54 Å². The molecule has 2 amide bonds. The molecule has 31 heavy (non-hydrogen) atoms. The van der Waals surface area contributed by atoms with E-state index in [0.717, 1.165) is 11.1 Å². The van der Waals surface area contributed by atoms with E-state index >= 15 is 0 Å². The molecule has 2 aromatic rings. The van der Waals surface area contributed by atoms with Gasteiger partial charge in [-0.05, 0) is 42.0 Å². The third kappa shape index (κ3) is 8.77. The Morgan fingerprint density at radius 3 is 2.23 bits per heavy atom. The zero-order valence-electron chi connectivity index (χ0n) is 17.7. The normalized spacial score (nSPS) is 12.3. The van der Waals surface area contributed by atoms with Crippen LogP contribution in [0.3, 0.4) is 0 Å². The Kier molecular flexibility index (Phi) is 9.02. The van der Waals surface area contributed by atoms with E-state index in [1.165, 1.54) is 12.1 Å². The predicted octanol–water partition coefficient (Wildman–Crippen LogP) is 2.33. The first-order valence-electron chi connectivity index (χ1n) is 10.0. The van der Waals surface area contributed by atoms with E-state index in [4.69, 9.17) is 9.88 Å². The number of ether oxygens (including phenoxy) is 1. The highest BCUT2D eigenvalue weighted by Crippen LogP contribution is 2.10. The summed E-state index contributed by atoms with van der Waals surface area (Å²) in [6, 6.07) is 14.7. The molecule has 8 nitrogen and oxygen atoms in total. The summed E-state index contributed by atoms with van der Waals surface area (Å²) >= 11 is 0. The lowest BCUT2D eigenvalue weighted by atomic mass is 10.0. The lowest BCUT2D eigenvalue weighted by Gasteiger charge is -2.20. The number of alkyl carbamates (subject to hydrolysis) is 1. The Morgan fingerprint density at radius 2 is 1.65 bits per heavy atom. The van der Waals surface area contributed by atoms with Crippen molar-refractivity contribution in [2.24, 2.45) is 11.1 Å². The van der Waals surface area contributed by atoms with Crippen LogP contribution in [-0.2, 0) is 32.6 Å². The van der Waals surface area contributed by atoms with Gasteiger partial charge in [-0.2, -0.15) is 0 Å². The molecule has 0 bridgehead atoms. The van der Waals surface area contributed by atoms with Gasteiger partial charge in [0, 0.05) is 6.54 Å². The van der Waals surface area contributed by atoms with E-state index < -0.39 is 22.2 Å². The molecule has 2 rings (SSSR count). The predicted molar refractivity (Wildman–Crippen MR) is 118 cm³/mol. The number of hydrogen-bond donors (Lipinski definition) is 3. The number of amides is 2. The minimum absolute atomic E-state index is 0.0375. The van der Waals surface area contributed by atoms with Crippen LogP contribution in [0.15, 0.2) is 59.5 Å². The first kappa shape index (κ1) is 24.4. The van der Waals surface area contributed by atoms with E-state index in [0.29, 0.717) is 19.4 Å². The van der Waals surface area contributed by atoms with Crippen molar-refractivity contribution in [3.63, 3.8) is 0 Å². The van der Waals surface area contributed by atoms with Crippen LogP contribution in [-0.4, -0.2) is 33.0 Å². The second kappa shape index (κ2) is 11.5. The molecule has 0 aliphatic carbocycles. The van der Waals surface area contributed by atoms with Gasteiger partial charge in [0.05, 0.1) is 4.90 Å². The van der Waals surface area contributed by atoms with Gasteiger partial charge in [0.2, 0.25) is 15.9 Å². The number of sulfonamides is 1. The van der Waals surface area contributed by atoms with Crippen molar-refractivity contribution < 1.29 is 22.7 Å². The summed E-state index contributed by atoms with van der Waals surface area (Å²) in [5.41, 5.74) is 1.71. The van der Waals surface area contributed by atoms with E-state index in [9.17, 15) is 18.0 Å². The first-order valence-corrected chi connectivity index (χ1v) is 11.6. The fourth-order valence-electron chi connectivity index (χ4n) is 2.91. The van der Waals surface area contributed by atoms with Gasteiger partial charge < -0.3 is 15.4 Å². The van der Waals surface area contributed by atoms with Gasteiger partial charge in [0.1, 0.15) is 12.6 Å². The SMILES string of the molecule is CC(C)C[C@@H](NC(=O)OCc1ccccc1)C(=O)NCCc1ccc(S(N)(=O)=O)cc1. The molecule has 0 unspecified atom stereocenters. The van der Waals surface area contributed by atoms with Crippen molar-refractivity contribution in [1.82, 2.24) is 10.6 Å². The fraction of sp³-hybridized carbons (Fsp3) is 0.364. The molecular weight excluding hydrogens is 418 g/mol. The zero-order valence-corrected chi connectivity index (χ0v) is 18.5. The van der Waals surface area contributed by atoms with Crippen LogP contribution in [0.5, 0.6) is 0 Å². The molecule has 4 N–H and O–H groups in total. The van der Waals surface area contributed by atoms with Crippen molar-refractivity contribution in [2.45, 2.75) is 44.2 Å². The molecule has 0 aliphatic heterocycles. The Balaban J connectivity index is 1.85. The molecule has 0 heterocycles. The molecule has 0 saturated heterocycles. The summed E-state index contributed by atoms with van der Waals surface area (Å²) in [5.74, 6) is -0.109. The van der Waals surface area contributed by atoms with Crippen LogP contribution in [0.2, 0.25) is 0 Å². The van der Waals surface area contributed by atoms with Gasteiger partial charge in [-0.25, -0.2) is 18.4 Å². The number of hydrogen-bond acceptors (Lipinski definition) is 5. The van der Waals surface area contributed by atoms with Gasteiger partial charge in [-0.15, -0.1) is 0 Å². The molecule has 0 aromatic heterocycles. The molecule has 168 valence electrons. The first-order chi connectivity index (χ1) is 14.6. The van der Waals surface area contributed by atoms with E-state index in [1.54, 1.807) is 12.1 Å². The van der Waals surface area contributed by atoms with Crippen molar-refractivity contribution >= 4 is 22.0 Å². The second-order valence-corrected chi connectivity index (χ2v) is 9.18. The molecular formula is C22H29N3O5S. The van der Waals surface area contributed by atoms with Gasteiger partial charge in [0.15, 0.2) is 0 Å². The lowest BCUT2D eigenvalue weighted by Crippen LogP contribution is -2.48. The van der Waals surface area contributed by atoms with Crippen LogP contribution in [0.1, 0.15) is 31.4 Å². The summed E-state index contributed by atoms with van der Waals surface area (Å²) in [7, 11) is -3.73. The summed E-state index contributed by atoms with van der Waals surface area (Å²) in [5, 5.41) is 10.5. The van der Waals surface area contributed by atoms with Crippen molar-refractivity contribution in [3.05, 3.63) is 65.7 Å². The summed E-state index contributed by atoms with van der Waals surface area (Å²) in [6.07, 6.45) is 0.321. The number of nitrogens with two attached hydrogens (primary N) is 1. The van der Waals surface area contributed by atoms with Crippen molar-refractivity contribution in [3.8, 4) is 0 Å². The van der Waals surface area contributed by atoms with E-state index in [2.05, 4.69) is 10.6 Å². The third-order valence-corrected chi connectivity index (χ3v) is 5.42. The largest absolute Gasteiger partial charge is 0.445 e. The van der Waals surface area contributed by atoms with Gasteiger partial charge >= 0.3 is 6.09 Å². The van der Waals surface area contributed by atoms with Crippen LogP contribution in [0, 0.1) is 5.92 Å². The molecule has 0 radical (unpaired) electrons. The van der Waals surface area contributed by atoms with E-state index in [-0.39, 0.29) is 23.3 Å². The minimum Gasteiger partial charge on any atom is -0.445 e. The Morgan fingerprint density at radius 1 is 1.00 bits per heavy atom. The van der Waals surface area contributed by atoms with Crippen LogP contribution in [0.4, 0.5) is 4.79 Å². The molecule has 0 saturated carbocycles. The molecule has 0 aliphatic rings. The summed E-state index contributed by atoms with van der Waals surface area (Å²) in [6.45, 7) is 4.38. The van der Waals surface area contributed by atoms with Crippen molar-refractivity contribution in [1.29, 1.82) is 0 Å².